The number of Topliss-reactive ketones (excluding diaryl/α,β-unsaturated/α-hetero) is 1. The van der Waals surface area contributed by atoms with Crippen LogP contribution in [0, 0.1) is 0 Å². The Morgan fingerprint density at radius 2 is 1.58 bits per heavy atom. The van der Waals surface area contributed by atoms with Gasteiger partial charge in [0.1, 0.15) is 5.75 Å². The molecule has 0 radical (unpaired) electrons. The van der Waals surface area contributed by atoms with Crippen molar-refractivity contribution < 1.29 is 9.53 Å². The number of nitrogens with two attached hydrogens (primary N) is 1. The first kappa shape index (κ1) is 20.8. The molecule has 1 aromatic heterocycles. The fourth-order valence-electron chi connectivity index (χ4n) is 3.66. The molecule has 0 spiro atoms. The van der Waals surface area contributed by atoms with Crippen molar-refractivity contribution in [1.29, 1.82) is 0 Å². The van der Waals surface area contributed by atoms with Gasteiger partial charge in [0.15, 0.2) is 10.9 Å². The first-order valence-corrected chi connectivity index (χ1v) is 11.0. The lowest BCUT2D eigenvalue weighted by atomic mass is 9.89. The Morgan fingerprint density at radius 3 is 2.10 bits per heavy atom. The number of ether oxygens (including phenoxy) is 1. The van der Waals surface area contributed by atoms with Gasteiger partial charge in [0.2, 0.25) is 0 Å². The number of carbonyl (C=O) groups excluding carboxylic acids is 1. The molecular weight excluding hydrogens is 404 g/mol. The average molecular weight is 429 g/mol. The normalized spacial score (nSPS) is 11.8. The molecule has 1 heterocycles. The highest BCUT2D eigenvalue weighted by molar-refractivity contribution is 7.13. The summed E-state index contributed by atoms with van der Waals surface area (Å²) in [6.45, 7) is 1.58. The Bertz CT molecular complexity index is 1160. The molecule has 4 rings (SSSR count). The standard InChI is InChI=1S/C26H24N2O2S/c1-17(29)19-7-9-21(10-8-19)20-5-3-18(4-6-20)15-24(25-16-31-26(27)28-25)22-11-13-23(30-2)14-12-22/h3-14,16,24H,15H2,1-2H3,(H2,27,28)/t24-/m0/s1. The van der Waals surface area contributed by atoms with Crippen LogP contribution in [0.2, 0.25) is 0 Å². The zero-order chi connectivity index (χ0) is 21.8. The van der Waals surface area contributed by atoms with Crippen molar-refractivity contribution >= 4 is 22.3 Å². The number of rotatable bonds is 7. The highest BCUT2D eigenvalue weighted by Crippen LogP contribution is 2.32. The second-order valence-corrected chi connectivity index (χ2v) is 8.36. The molecular formula is C26H24N2O2S. The highest BCUT2D eigenvalue weighted by Gasteiger charge is 2.18. The second-order valence-electron chi connectivity index (χ2n) is 7.47. The Labute approximate surface area is 186 Å². The van der Waals surface area contributed by atoms with Gasteiger partial charge in [-0.2, -0.15) is 0 Å². The molecule has 2 N–H and O–H groups in total. The lowest BCUT2D eigenvalue weighted by molar-refractivity contribution is 0.101. The summed E-state index contributed by atoms with van der Waals surface area (Å²) in [4.78, 5) is 16.0. The van der Waals surface area contributed by atoms with E-state index in [4.69, 9.17) is 10.5 Å². The first-order chi connectivity index (χ1) is 15.0. The molecule has 0 bridgehead atoms. The van der Waals surface area contributed by atoms with Crippen LogP contribution in [0.1, 0.15) is 40.0 Å². The maximum atomic E-state index is 11.5. The summed E-state index contributed by atoms with van der Waals surface area (Å²) in [7, 11) is 1.67. The van der Waals surface area contributed by atoms with Crippen LogP contribution >= 0.6 is 11.3 Å². The van der Waals surface area contributed by atoms with E-state index < -0.39 is 0 Å². The maximum absolute atomic E-state index is 11.5. The highest BCUT2D eigenvalue weighted by atomic mass is 32.1. The third kappa shape index (κ3) is 4.84. The molecule has 3 aromatic carbocycles. The van der Waals surface area contributed by atoms with Crippen molar-refractivity contribution in [3.8, 4) is 16.9 Å². The summed E-state index contributed by atoms with van der Waals surface area (Å²) in [5.41, 5.74) is 12.2. The van der Waals surface area contributed by atoms with Gasteiger partial charge in [0, 0.05) is 16.9 Å². The number of methoxy groups -OCH3 is 1. The van der Waals surface area contributed by atoms with Crippen LogP contribution in [0.4, 0.5) is 5.13 Å². The van der Waals surface area contributed by atoms with Crippen molar-refractivity contribution in [3.63, 3.8) is 0 Å². The smallest absolute Gasteiger partial charge is 0.180 e. The Kier molecular flexibility index (Phi) is 6.14. The van der Waals surface area contributed by atoms with Crippen LogP contribution in [0.25, 0.3) is 11.1 Å². The van der Waals surface area contributed by atoms with Gasteiger partial charge in [-0.3, -0.25) is 4.79 Å². The van der Waals surface area contributed by atoms with Crippen LogP contribution in [0.15, 0.2) is 78.2 Å². The number of benzene rings is 3. The Balaban J connectivity index is 1.58. The number of aromatic nitrogens is 1. The van der Waals surface area contributed by atoms with Gasteiger partial charge >= 0.3 is 0 Å². The van der Waals surface area contributed by atoms with E-state index in [2.05, 4.69) is 41.4 Å². The minimum atomic E-state index is 0.0779. The van der Waals surface area contributed by atoms with Crippen molar-refractivity contribution in [2.45, 2.75) is 19.3 Å². The minimum Gasteiger partial charge on any atom is -0.497 e. The molecule has 0 fully saturated rings. The van der Waals surface area contributed by atoms with E-state index >= 15 is 0 Å². The van der Waals surface area contributed by atoms with Crippen molar-refractivity contribution in [1.82, 2.24) is 4.98 Å². The number of hydrogen-bond acceptors (Lipinski definition) is 5. The molecule has 0 aliphatic heterocycles. The molecule has 0 saturated heterocycles. The third-order valence-electron chi connectivity index (χ3n) is 5.43. The lowest BCUT2D eigenvalue weighted by Crippen LogP contribution is -2.06. The fraction of sp³-hybridized carbons (Fsp3) is 0.154. The molecule has 0 saturated carbocycles. The van der Waals surface area contributed by atoms with E-state index in [9.17, 15) is 4.79 Å². The molecule has 5 heteroatoms. The lowest BCUT2D eigenvalue weighted by Gasteiger charge is -2.16. The molecule has 0 aliphatic carbocycles. The fourth-order valence-corrected chi connectivity index (χ4v) is 4.27. The predicted octanol–water partition coefficient (Wildman–Crippen LogP) is 5.98. The zero-order valence-electron chi connectivity index (χ0n) is 17.5. The summed E-state index contributed by atoms with van der Waals surface area (Å²) >= 11 is 1.47. The van der Waals surface area contributed by atoms with Gasteiger partial charge in [-0.15, -0.1) is 11.3 Å². The molecule has 4 aromatic rings. The van der Waals surface area contributed by atoms with E-state index in [0.717, 1.165) is 34.6 Å². The number of carbonyl (C=O) groups is 1. The Morgan fingerprint density at radius 1 is 0.968 bits per heavy atom. The van der Waals surface area contributed by atoms with Gasteiger partial charge in [-0.25, -0.2) is 4.98 Å². The van der Waals surface area contributed by atoms with Gasteiger partial charge in [0.05, 0.1) is 12.8 Å². The number of anilines is 1. The molecule has 0 unspecified atom stereocenters. The summed E-state index contributed by atoms with van der Waals surface area (Å²) in [6.07, 6.45) is 0.819. The van der Waals surface area contributed by atoms with E-state index in [1.807, 2.05) is 41.8 Å². The van der Waals surface area contributed by atoms with Crippen LogP contribution in [-0.4, -0.2) is 17.9 Å². The summed E-state index contributed by atoms with van der Waals surface area (Å²) in [5.74, 6) is 1.02. The minimum absolute atomic E-state index is 0.0779. The molecule has 4 nitrogen and oxygen atoms in total. The molecule has 0 amide bonds. The topological polar surface area (TPSA) is 65.2 Å². The summed E-state index contributed by atoms with van der Waals surface area (Å²) < 4.78 is 5.30. The Hall–Kier alpha value is -3.44. The zero-order valence-corrected chi connectivity index (χ0v) is 18.4. The average Bonchev–Trinajstić information content (AvgIpc) is 3.24. The van der Waals surface area contributed by atoms with Crippen molar-refractivity contribution in [2.75, 3.05) is 12.8 Å². The van der Waals surface area contributed by atoms with E-state index in [1.54, 1.807) is 14.0 Å². The van der Waals surface area contributed by atoms with Gasteiger partial charge in [-0.05, 0) is 47.7 Å². The number of thiazole rings is 1. The number of nitrogens with zero attached hydrogens (tertiary/aromatic N) is 1. The quantitative estimate of drug-likeness (QED) is 0.368. The molecule has 31 heavy (non-hydrogen) atoms. The van der Waals surface area contributed by atoms with E-state index in [-0.39, 0.29) is 11.7 Å². The maximum Gasteiger partial charge on any atom is 0.180 e. The van der Waals surface area contributed by atoms with E-state index in [0.29, 0.717) is 5.13 Å². The largest absolute Gasteiger partial charge is 0.497 e. The van der Waals surface area contributed by atoms with E-state index in [1.165, 1.54) is 22.5 Å². The van der Waals surface area contributed by atoms with Gasteiger partial charge in [-0.1, -0.05) is 60.7 Å². The third-order valence-corrected chi connectivity index (χ3v) is 6.13. The van der Waals surface area contributed by atoms with Crippen molar-refractivity contribution in [2.24, 2.45) is 0 Å². The summed E-state index contributed by atoms with van der Waals surface area (Å²) in [6, 6.07) is 24.4. The monoisotopic (exact) mass is 428 g/mol. The van der Waals surface area contributed by atoms with Crippen LogP contribution in [-0.2, 0) is 6.42 Å². The molecule has 1 atom stereocenters. The van der Waals surface area contributed by atoms with Crippen LogP contribution < -0.4 is 10.5 Å². The molecule has 156 valence electrons. The SMILES string of the molecule is COc1ccc([C@H](Cc2ccc(-c3ccc(C(C)=O)cc3)cc2)c2csc(N)n2)cc1. The summed E-state index contributed by atoms with van der Waals surface area (Å²) in [5, 5.41) is 2.62. The molecule has 0 aliphatic rings. The van der Waals surface area contributed by atoms with Crippen LogP contribution in [0.5, 0.6) is 5.75 Å². The second kappa shape index (κ2) is 9.14. The predicted molar refractivity (Wildman–Crippen MR) is 127 cm³/mol. The number of ketones is 1. The number of hydrogen-bond donors (Lipinski definition) is 1. The van der Waals surface area contributed by atoms with Gasteiger partial charge < -0.3 is 10.5 Å². The number of nitrogen functional groups attached to an aromatic ring is 1. The van der Waals surface area contributed by atoms with Gasteiger partial charge in [0.25, 0.3) is 0 Å². The van der Waals surface area contributed by atoms with Crippen LogP contribution in [0.3, 0.4) is 0 Å². The van der Waals surface area contributed by atoms with Crippen molar-refractivity contribution in [3.05, 3.63) is 101 Å². The first-order valence-electron chi connectivity index (χ1n) is 10.1.